The van der Waals surface area contributed by atoms with Gasteiger partial charge in [0.15, 0.2) is 0 Å². The van der Waals surface area contributed by atoms with E-state index in [9.17, 15) is 18.4 Å². The number of thioether (sulfide) groups is 1. The number of halogens is 2. The Labute approximate surface area is 179 Å². The van der Waals surface area contributed by atoms with Crippen molar-refractivity contribution in [3.05, 3.63) is 76.1 Å². The third-order valence-electron chi connectivity index (χ3n) is 4.57. The van der Waals surface area contributed by atoms with Crippen LogP contribution in [0.1, 0.15) is 12.5 Å². The Bertz CT molecular complexity index is 1320. The molecule has 0 saturated heterocycles. The Kier molecular flexibility index (Phi) is 5.81. The number of anilines is 1. The molecular weight excluding hydrogens is 424 g/mol. The summed E-state index contributed by atoms with van der Waals surface area (Å²) in [7, 11) is 0. The van der Waals surface area contributed by atoms with Crippen molar-refractivity contribution in [3.8, 4) is 11.3 Å². The molecule has 0 aliphatic heterocycles. The molecule has 4 rings (SSSR count). The van der Waals surface area contributed by atoms with E-state index < -0.39 is 23.1 Å². The van der Waals surface area contributed by atoms with Gasteiger partial charge in [-0.1, -0.05) is 43.0 Å². The molecule has 158 valence electrons. The van der Waals surface area contributed by atoms with Gasteiger partial charge < -0.3 is 5.32 Å². The number of carbonyl (C=O) groups is 1. The van der Waals surface area contributed by atoms with Crippen LogP contribution in [0.5, 0.6) is 0 Å². The zero-order chi connectivity index (χ0) is 22.0. The minimum Gasteiger partial charge on any atom is -0.323 e. The van der Waals surface area contributed by atoms with Crippen molar-refractivity contribution < 1.29 is 13.6 Å². The van der Waals surface area contributed by atoms with Crippen LogP contribution >= 0.6 is 11.8 Å². The van der Waals surface area contributed by atoms with Crippen LogP contribution in [0.4, 0.5) is 14.5 Å². The first-order valence-electron chi connectivity index (χ1n) is 9.40. The van der Waals surface area contributed by atoms with Crippen molar-refractivity contribution in [2.75, 3.05) is 11.1 Å². The third kappa shape index (κ3) is 4.48. The fourth-order valence-electron chi connectivity index (χ4n) is 2.95. The minimum absolute atomic E-state index is 0.148. The Morgan fingerprint density at radius 1 is 1.16 bits per heavy atom. The predicted molar refractivity (Wildman–Crippen MR) is 114 cm³/mol. The van der Waals surface area contributed by atoms with Crippen molar-refractivity contribution in [2.24, 2.45) is 0 Å². The van der Waals surface area contributed by atoms with Gasteiger partial charge in [-0.15, -0.1) is 5.10 Å². The number of aryl methyl sites for hydroxylation is 1. The van der Waals surface area contributed by atoms with Crippen LogP contribution in [0, 0.1) is 11.6 Å². The number of rotatable bonds is 6. The number of aromatic nitrogens is 4. The molecule has 4 aromatic rings. The van der Waals surface area contributed by atoms with Crippen molar-refractivity contribution in [1.29, 1.82) is 0 Å². The van der Waals surface area contributed by atoms with Gasteiger partial charge in [-0.25, -0.2) is 18.4 Å². The molecule has 0 spiro atoms. The molecule has 0 aliphatic carbocycles. The summed E-state index contributed by atoms with van der Waals surface area (Å²) in [5, 5.41) is 13.4. The summed E-state index contributed by atoms with van der Waals surface area (Å²) in [5.41, 5.74) is 2.24. The van der Waals surface area contributed by atoms with E-state index in [0.717, 1.165) is 41.9 Å². The van der Waals surface area contributed by atoms with Crippen LogP contribution in [0.2, 0.25) is 0 Å². The molecule has 0 unspecified atom stereocenters. The van der Waals surface area contributed by atoms with E-state index in [1.165, 1.54) is 10.1 Å². The van der Waals surface area contributed by atoms with Crippen molar-refractivity contribution in [3.63, 3.8) is 0 Å². The maximum absolute atomic E-state index is 13.7. The fraction of sp³-hybridized carbons (Fsp3) is 0.143. The number of hydrogen-bond donors (Lipinski definition) is 2. The number of H-pyrrole nitrogens is 1. The maximum atomic E-state index is 13.7. The van der Waals surface area contributed by atoms with Crippen molar-refractivity contribution >= 4 is 28.9 Å². The first-order valence-corrected chi connectivity index (χ1v) is 10.4. The number of nitrogens with one attached hydrogen (secondary N) is 2. The van der Waals surface area contributed by atoms with Crippen molar-refractivity contribution in [1.82, 2.24) is 19.8 Å². The molecular formula is C21H17F2N5O2S. The van der Waals surface area contributed by atoms with E-state index >= 15 is 0 Å². The summed E-state index contributed by atoms with van der Waals surface area (Å²) in [5.74, 6) is -2.11. The molecule has 31 heavy (non-hydrogen) atoms. The second-order valence-corrected chi connectivity index (χ2v) is 7.62. The molecule has 2 heterocycles. The van der Waals surface area contributed by atoms with Gasteiger partial charge in [-0.2, -0.15) is 5.10 Å². The zero-order valence-electron chi connectivity index (χ0n) is 16.4. The first kappa shape index (κ1) is 20.7. The summed E-state index contributed by atoms with van der Waals surface area (Å²) < 4.78 is 28.3. The molecule has 0 saturated carbocycles. The maximum Gasteiger partial charge on any atom is 0.290 e. The number of nitrogens with zero attached hydrogens (tertiary/aromatic N) is 3. The molecule has 2 aromatic carbocycles. The van der Waals surface area contributed by atoms with Gasteiger partial charge in [0.25, 0.3) is 5.56 Å². The number of carbonyl (C=O) groups excluding carboxylic acids is 1. The standard InChI is InChI=1S/C21H17F2N5O2S/c1-2-12-3-5-13(6-4-12)16-10-18-20(30)25-26-21(28(18)27-16)31-11-19(29)24-17-9-14(22)7-8-15(17)23/h3-10H,2,11H2,1H3,(H,24,29)(H,25,30). The summed E-state index contributed by atoms with van der Waals surface area (Å²) in [6.07, 6.45) is 0.914. The van der Waals surface area contributed by atoms with Gasteiger partial charge >= 0.3 is 0 Å². The summed E-state index contributed by atoms with van der Waals surface area (Å²) in [6.45, 7) is 2.06. The predicted octanol–water partition coefficient (Wildman–Crippen LogP) is 3.66. The molecule has 0 bridgehead atoms. The number of fused-ring (bicyclic) bond motifs is 1. The Morgan fingerprint density at radius 2 is 1.94 bits per heavy atom. The molecule has 1 amide bonds. The van der Waals surface area contributed by atoms with Crippen molar-refractivity contribution in [2.45, 2.75) is 18.5 Å². The van der Waals surface area contributed by atoms with Gasteiger partial charge in [0.05, 0.1) is 17.1 Å². The zero-order valence-corrected chi connectivity index (χ0v) is 17.2. The lowest BCUT2D eigenvalue weighted by atomic mass is 10.1. The van der Waals surface area contributed by atoms with E-state index in [-0.39, 0.29) is 22.1 Å². The number of amides is 1. The highest BCUT2D eigenvalue weighted by molar-refractivity contribution is 7.99. The summed E-state index contributed by atoms with van der Waals surface area (Å²) in [4.78, 5) is 24.4. The summed E-state index contributed by atoms with van der Waals surface area (Å²) >= 11 is 1.00. The quantitative estimate of drug-likeness (QED) is 0.446. The van der Waals surface area contributed by atoms with E-state index in [0.29, 0.717) is 5.69 Å². The molecule has 0 radical (unpaired) electrons. The van der Waals surface area contributed by atoms with Gasteiger partial charge in [0.1, 0.15) is 17.2 Å². The molecule has 10 heteroatoms. The lowest BCUT2D eigenvalue weighted by Gasteiger charge is -2.06. The van der Waals surface area contributed by atoms with Gasteiger partial charge in [-0.3, -0.25) is 9.59 Å². The number of hydrogen-bond acceptors (Lipinski definition) is 5. The van der Waals surface area contributed by atoms with Gasteiger partial charge in [0.2, 0.25) is 11.1 Å². The number of aromatic amines is 1. The fourth-order valence-corrected chi connectivity index (χ4v) is 3.65. The van der Waals surface area contributed by atoms with Crippen LogP contribution in [0.3, 0.4) is 0 Å². The van der Waals surface area contributed by atoms with Crippen LogP contribution in [-0.2, 0) is 11.2 Å². The number of benzene rings is 2. The smallest absolute Gasteiger partial charge is 0.290 e. The monoisotopic (exact) mass is 441 g/mol. The highest BCUT2D eigenvalue weighted by Crippen LogP contribution is 2.23. The normalized spacial score (nSPS) is 11.1. The van der Waals surface area contributed by atoms with E-state index in [4.69, 9.17) is 0 Å². The van der Waals surface area contributed by atoms with Crippen LogP contribution in [0.25, 0.3) is 16.8 Å². The van der Waals surface area contributed by atoms with E-state index in [1.807, 2.05) is 24.3 Å². The van der Waals surface area contributed by atoms with Crippen LogP contribution < -0.4 is 10.9 Å². The first-order chi connectivity index (χ1) is 14.9. The molecule has 0 aliphatic rings. The molecule has 2 aromatic heterocycles. The van der Waals surface area contributed by atoms with Crippen LogP contribution in [0.15, 0.2) is 58.5 Å². The molecule has 2 N–H and O–H groups in total. The Balaban J connectivity index is 1.55. The Morgan fingerprint density at radius 3 is 2.68 bits per heavy atom. The van der Waals surface area contributed by atoms with E-state index in [2.05, 4.69) is 27.5 Å². The molecule has 0 fully saturated rings. The molecule has 0 atom stereocenters. The highest BCUT2D eigenvalue weighted by atomic mass is 32.2. The topological polar surface area (TPSA) is 92.1 Å². The molecule has 7 nitrogen and oxygen atoms in total. The lowest BCUT2D eigenvalue weighted by molar-refractivity contribution is -0.113. The lowest BCUT2D eigenvalue weighted by Crippen LogP contribution is -2.17. The second-order valence-electron chi connectivity index (χ2n) is 6.67. The average molecular weight is 441 g/mol. The average Bonchev–Trinajstić information content (AvgIpc) is 3.22. The van der Waals surface area contributed by atoms with Gasteiger partial charge in [0, 0.05) is 11.6 Å². The minimum atomic E-state index is -0.741. The SMILES string of the molecule is CCc1ccc(-c2cc3c(=O)[nH]nc(SCC(=O)Nc4cc(F)ccc4F)n3n2)cc1. The van der Waals surface area contributed by atoms with E-state index in [1.54, 1.807) is 6.07 Å². The second kappa shape index (κ2) is 8.68. The Hall–Kier alpha value is -3.53. The third-order valence-corrected chi connectivity index (χ3v) is 5.50. The largest absolute Gasteiger partial charge is 0.323 e. The van der Waals surface area contributed by atoms with Gasteiger partial charge in [-0.05, 0) is 30.2 Å². The highest BCUT2D eigenvalue weighted by Gasteiger charge is 2.15. The summed E-state index contributed by atoms with van der Waals surface area (Å²) in [6, 6.07) is 12.3. The van der Waals surface area contributed by atoms with Crippen LogP contribution in [-0.4, -0.2) is 31.5 Å².